The average Bonchev–Trinajstić information content (AvgIpc) is 3.51. The van der Waals surface area contributed by atoms with E-state index in [4.69, 9.17) is 4.52 Å². The fourth-order valence-corrected chi connectivity index (χ4v) is 4.90. The van der Waals surface area contributed by atoms with Crippen LogP contribution in [0.4, 0.5) is 0 Å². The van der Waals surface area contributed by atoms with Crippen molar-refractivity contribution < 1.29 is 14.1 Å². The second-order valence-electron chi connectivity index (χ2n) is 9.08. The maximum Gasteiger partial charge on any atom is 0.259 e. The normalized spacial score (nSPS) is 14.0. The first kappa shape index (κ1) is 22.0. The number of hydrogen-bond acceptors (Lipinski definition) is 5. The molecule has 0 saturated carbocycles. The van der Waals surface area contributed by atoms with Crippen molar-refractivity contribution >= 4 is 33.8 Å². The molecule has 2 aromatic carbocycles. The molecule has 3 aromatic heterocycles. The monoisotopic (exact) mass is 479 g/mol. The van der Waals surface area contributed by atoms with E-state index in [0.29, 0.717) is 60.7 Å². The molecule has 4 heterocycles. The summed E-state index contributed by atoms with van der Waals surface area (Å²) in [5, 5.41) is 5.75. The van der Waals surface area contributed by atoms with Gasteiger partial charge in [-0.1, -0.05) is 53.7 Å². The number of para-hydroxylation sites is 1. The molecule has 1 aliphatic heterocycles. The lowest BCUT2D eigenvalue weighted by Gasteiger charge is -2.35. The summed E-state index contributed by atoms with van der Waals surface area (Å²) in [6.07, 6.45) is 2.24. The molecule has 0 radical (unpaired) electrons. The van der Waals surface area contributed by atoms with Crippen LogP contribution in [-0.2, 0) is 11.2 Å². The molecule has 0 bridgehead atoms. The smallest absolute Gasteiger partial charge is 0.259 e. The van der Waals surface area contributed by atoms with E-state index in [9.17, 15) is 9.59 Å². The molecule has 1 fully saturated rings. The summed E-state index contributed by atoms with van der Waals surface area (Å²) in [5.41, 5.74) is 5.09. The number of aromatic nitrogens is 3. The van der Waals surface area contributed by atoms with Crippen molar-refractivity contribution in [1.29, 1.82) is 0 Å². The van der Waals surface area contributed by atoms with E-state index in [0.717, 1.165) is 22.0 Å². The molecule has 180 valence electrons. The minimum atomic E-state index is -0.102. The number of H-pyrrole nitrogens is 1. The van der Waals surface area contributed by atoms with Gasteiger partial charge in [-0.25, -0.2) is 4.98 Å². The lowest BCUT2D eigenvalue weighted by Crippen LogP contribution is -2.51. The van der Waals surface area contributed by atoms with Gasteiger partial charge in [0.15, 0.2) is 0 Å². The number of rotatable bonds is 4. The van der Waals surface area contributed by atoms with Crippen LogP contribution in [0.5, 0.6) is 0 Å². The fourth-order valence-electron chi connectivity index (χ4n) is 4.90. The van der Waals surface area contributed by atoms with E-state index < -0.39 is 0 Å². The molecule has 0 aliphatic carbocycles. The van der Waals surface area contributed by atoms with Crippen LogP contribution in [0, 0.1) is 6.92 Å². The number of hydrogen-bond donors (Lipinski definition) is 1. The predicted octanol–water partition coefficient (Wildman–Crippen LogP) is 4.21. The van der Waals surface area contributed by atoms with Gasteiger partial charge in [0.25, 0.3) is 11.6 Å². The van der Waals surface area contributed by atoms with Crippen molar-refractivity contribution in [3.63, 3.8) is 0 Å². The van der Waals surface area contributed by atoms with Gasteiger partial charge in [-0.05, 0) is 24.6 Å². The highest BCUT2D eigenvalue weighted by molar-refractivity contribution is 6.07. The van der Waals surface area contributed by atoms with Gasteiger partial charge in [0, 0.05) is 48.8 Å². The second kappa shape index (κ2) is 8.96. The molecule has 6 rings (SSSR count). The van der Waals surface area contributed by atoms with Crippen molar-refractivity contribution in [3.8, 4) is 11.3 Å². The third-order valence-electron chi connectivity index (χ3n) is 6.85. The Balaban J connectivity index is 1.20. The molecule has 36 heavy (non-hydrogen) atoms. The lowest BCUT2D eigenvalue weighted by atomic mass is 10.0. The maximum absolute atomic E-state index is 13.6. The van der Waals surface area contributed by atoms with Crippen LogP contribution in [0.1, 0.15) is 21.6 Å². The van der Waals surface area contributed by atoms with Crippen LogP contribution >= 0.6 is 0 Å². The molecule has 8 heteroatoms. The van der Waals surface area contributed by atoms with Crippen molar-refractivity contribution in [2.24, 2.45) is 0 Å². The van der Waals surface area contributed by atoms with Crippen molar-refractivity contribution in [2.75, 3.05) is 26.2 Å². The standard InChI is InChI=1S/C28H25N5O3/c1-18-26-22(16-24(30-27(26)36-31-18)19-7-3-2-4-8-19)28(35)33-13-11-32(12-14-33)25(34)15-20-17-29-23-10-6-5-9-21(20)23/h2-10,16-17,29H,11-15H2,1H3. The molecule has 5 aromatic rings. The number of nitrogens with zero attached hydrogens (tertiary/aromatic N) is 4. The maximum atomic E-state index is 13.6. The highest BCUT2D eigenvalue weighted by atomic mass is 16.5. The fraction of sp³-hybridized carbons (Fsp3) is 0.214. The van der Waals surface area contributed by atoms with Gasteiger partial charge in [-0.3, -0.25) is 9.59 Å². The van der Waals surface area contributed by atoms with Crippen LogP contribution in [0.15, 0.2) is 71.4 Å². The van der Waals surface area contributed by atoms with Gasteiger partial charge >= 0.3 is 0 Å². The zero-order valence-corrected chi connectivity index (χ0v) is 19.9. The Kier molecular flexibility index (Phi) is 5.48. The number of aryl methyl sites for hydroxylation is 1. The Morgan fingerprint density at radius 1 is 0.972 bits per heavy atom. The molecule has 0 spiro atoms. The van der Waals surface area contributed by atoms with Crippen LogP contribution in [-0.4, -0.2) is 62.9 Å². The summed E-state index contributed by atoms with van der Waals surface area (Å²) in [6, 6.07) is 19.5. The Bertz CT molecular complexity index is 1580. The summed E-state index contributed by atoms with van der Waals surface area (Å²) < 4.78 is 5.43. The van der Waals surface area contributed by atoms with Gasteiger partial charge < -0.3 is 19.3 Å². The lowest BCUT2D eigenvalue weighted by molar-refractivity contribution is -0.131. The predicted molar refractivity (Wildman–Crippen MR) is 136 cm³/mol. The number of aromatic amines is 1. The Morgan fingerprint density at radius 2 is 1.69 bits per heavy atom. The number of pyridine rings is 1. The molecule has 0 unspecified atom stereocenters. The summed E-state index contributed by atoms with van der Waals surface area (Å²) in [7, 11) is 0. The van der Waals surface area contributed by atoms with Crippen LogP contribution in [0.3, 0.4) is 0 Å². The number of fused-ring (bicyclic) bond motifs is 2. The SMILES string of the molecule is Cc1noc2nc(-c3ccccc3)cc(C(=O)N3CCN(C(=O)Cc4c[nH]c5ccccc45)CC3)c12. The van der Waals surface area contributed by atoms with Crippen molar-refractivity contribution in [1.82, 2.24) is 24.9 Å². The third-order valence-corrected chi connectivity index (χ3v) is 6.85. The topological polar surface area (TPSA) is 95.3 Å². The van der Waals surface area contributed by atoms with E-state index in [1.165, 1.54) is 0 Å². The van der Waals surface area contributed by atoms with E-state index in [1.54, 1.807) is 4.90 Å². The second-order valence-corrected chi connectivity index (χ2v) is 9.08. The zero-order chi connectivity index (χ0) is 24.6. The minimum absolute atomic E-state index is 0.0689. The largest absolute Gasteiger partial charge is 0.361 e. The molecule has 0 atom stereocenters. The Labute approximate surface area is 207 Å². The molecular formula is C28H25N5O3. The number of nitrogens with one attached hydrogen (secondary N) is 1. The summed E-state index contributed by atoms with van der Waals surface area (Å²) in [6.45, 7) is 3.74. The third kappa shape index (κ3) is 3.90. The van der Waals surface area contributed by atoms with Crippen LogP contribution in [0.25, 0.3) is 33.3 Å². The zero-order valence-electron chi connectivity index (χ0n) is 19.9. The molecular weight excluding hydrogens is 454 g/mol. The highest BCUT2D eigenvalue weighted by Gasteiger charge is 2.28. The van der Waals surface area contributed by atoms with Gasteiger partial charge in [-0.15, -0.1) is 0 Å². The summed E-state index contributed by atoms with van der Waals surface area (Å²) >= 11 is 0. The summed E-state index contributed by atoms with van der Waals surface area (Å²) in [4.78, 5) is 38.1. The highest BCUT2D eigenvalue weighted by Crippen LogP contribution is 2.28. The number of amides is 2. The minimum Gasteiger partial charge on any atom is -0.361 e. The first-order valence-corrected chi connectivity index (χ1v) is 12.0. The van der Waals surface area contributed by atoms with E-state index in [2.05, 4.69) is 15.1 Å². The number of piperazine rings is 1. The van der Waals surface area contributed by atoms with Crippen LogP contribution in [0.2, 0.25) is 0 Å². The molecule has 1 saturated heterocycles. The van der Waals surface area contributed by atoms with Gasteiger partial charge in [0.05, 0.1) is 28.8 Å². The van der Waals surface area contributed by atoms with Gasteiger partial charge in [0.2, 0.25) is 5.91 Å². The number of carbonyl (C=O) groups is 2. The van der Waals surface area contributed by atoms with Crippen LogP contribution < -0.4 is 0 Å². The Hall–Kier alpha value is -4.46. The number of carbonyl (C=O) groups excluding carboxylic acids is 2. The van der Waals surface area contributed by atoms with Gasteiger partial charge in [-0.2, -0.15) is 0 Å². The molecule has 2 amide bonds. The first-order chi connectivity index (χ1) is 17.6. The van der Waals surface area contributed by atoms with E-state index >= 15 is 0 Å². The van der Waals surface area contributed by atoms with Crippen molar-refractivity contribution in [2.45, 2.75) is 13.3 Å². The first-order valence-electron chi connectivity index (χ1n) is 12.0. The molecule has 1 N–H and O–H groups in total. The van der Waals surface area contributed by atoms with Crippen molar-refractivity contribution in [3.05, 3.63) is 83.7 Å². The van der Waals surface area contributed by atoms with E-state index in [-0.39, 0.29) is 11.8 Å². The quantitative estimate of drug-likeness (QED) is 0.417. The molecule has 8 nitrogen and oxygen atoms in total. The van der Waals surface area contributed by atoms with E-state index in [1.807, 2.05) is 78.7 Å². The summed E-state index contributed by atoms with van der Waals surface area (Å²) in [5.74, 6) is -0.0333. The molecule has 1 aliphatic rings. The Morgan fingerprint density at radius 3 is 2.50 bits per heavy atom. The van der Waals surface area contributed by atoms with Gasteiger partial charge in [0.1, 0.15) is 0 Å². The number of benzene rings is 2. The average molecular weight is 480 g/mol.